The van der Waals surface area contributed by atoms with E-state index in [1.54, 1.807) is 18.2 Å². The summed E-state index contributed by atoms with van der Waals surface area (Å²) in [5.41, 5.74) is -0.118. The maximum Gasteiger partial charge on any atom is 0.420 e. The van der Waals surface area contributed by atoms with E-state index in [1.807, 2.05) is 6.92 Å². The number of benzene rings is 1. The minimum atomic E-state index is -1.92. The Morgan fingerprint density at radius 1 is 1.22 bits per heavy atom. The number of carbonyl (C=O) groups is 1. The van der Waals surface area contributed by atoms with Crippen molar-refractivity contribution in [3.63, 3.8) is 0 Å². The lowest BCUT2D eigenvalue weighted by molar-refractivity contribution is 0.107. The Labute approximate surface area is 108 Å². The van der Waals surface area contributed by atoms with Gasteiger partial charge in [-0.2, -0.15) is 0 Å². The Morgan fingerprint density at radius 2 is 1.78 bits per heavy atom. The Bertz CT molecular complexity index is 420. The number of methoxy groups -OCH3 is 2. The highest BCUT2D eigenvalue weighted by molar-refractivity contribution is 7.64. The number of hydrogen-bond acceptors (Lipinski definition) is 4. The first-order chi connectivity index (χ1) is 8.65. The first-order valence-electron chi connectivity index (χ1n) is 5.85. The van der Waals surface area contributed by atoms with Crippen LogP contribution in [0.5, 0.6) is 11.5 Å². The van der Waals surface area contributed by atoms with Crippen molar-refractivity contribution in [2.24, 2.45) is 0 Å². The third-order valence-corrected chi connectivity index (χ3v) is 3.98. The van der Waals surface area contributed by atoms with Gasteiger partial charge in [-0.15, -0.1) is 0 Å². The molecule has 4 nitrogen and oxygen atoms in total. The van der Waals surface area contributed by atoms with Crippen molar-refractivity contribution in [2.75, 3.05) is 20.4 Å². The molecule has 98 valence electrons. The SMILES string of the molecule is CCCC[P+](=O)C(=O)c1c(OC)cccc1OC. The molecule has 0 amide bonds. The molecule has 0 saturated carbocycles. The van der Waals surface area contributed by atoms with Crippen LogP contribution in [0.25, 0.3) is 0 Å². The molecule has 1 aromatic carbocycles. The van der Waals surface area contributed by atoms with Crippen molar-refractivity contribution >= 4 is 13.3 Å². The van der Waals surface area contributed by atoms with Crippen LogP contribution in [0, 0.1) is 0 Å². The van der Waals surface area contributed by atoms with Gasteiger partial charge in [0.15, 0.2) is 11.7 Å². The summed E-state index contributed by atoms with van der Waals surface area (Å²) in [6.45, 7) is 2.00. The normalized spacial score (nSPS) is 10.9. The van der Waals surface area contributed by atoms with Gasteiger partial charge >= 0.3 is 13.3 Å². The van der Waals surface area contributed by atoms with Gasteiger partial charge in [0.1, 0.15) is 11.5 Å². The highest BCUT2D eigenvalue weighted by Crippen LogP contribution is 2.37. The molecule has 0 radical (unpaired) electrons. The van der Waals surface area contributed by atoms with Crippen molar-refractivity contribution in [2.45, 2.75) is 19.8 Å². The van der Waals surface area contributed by atoms with E-state index in [-0.39, 0.29) is 5.56 Å². The van der Waals surface area contributed by atoms with Gasteiger partial charge in [0.25, 0.3) is 0 Å². The van der Waals surface area contributed by atoms with Gasteiger partial charge in [0, 0.05) is 0 Å². The van der Waals surface area contributed by atoms with Crippen LogP contribution in [0.1, 0.15) is 30.1 Å². The fraction of sp³-hybridized carbons (Fsp3) is 0.462. The fourth-order valence-corrected chi connectivity index (χ4v) is 2.87. The minimum Gasteiger partial charge on any atom is -0.496 e. The number of rotatable bonds is 7. The third kappa shape index (κ3) is 3.30. The lowest BCUT2D eigenvalue weighted by Gasteiger charge is -2.07. The maximum absolute atomic E-state index is 12.2. The minimum absolute atomic E-state index is 0.278. The number of carbonyl (C=O) groups excluding carboxylic acids is 1. The molecule has 18 heavy (non-hydrogen) atoms. The Kier molecular flexibility index (Phi) is 5.79. The molecule has 0 N–H and O–H groups in total. The summed E-state index contributed by atoms with van der Waals surface area (Å²) in [4.78, 5) is 12.2. The van der Waals surface area contributed by atoms with Crippen LogP contribution in [0.2, 0.25) is 0 Å². The standard InChI is InChI=1S/C13H18O4P/c1-4-5-9-18(15)13(14)12-10(16-2)7-6-8-11(12)17-3/h6-8H,4-5,9H2,1-3H3/q+1. The summed E-state index contributed by atoms with van der Waals surface area (Å²) in [6.07, 6.45) is 2.10. The average molecular weight is 269 g/mol. The second-order valence-electron chi connectivity index (χ2n) is 3.80. The Morgan fingerprint density at radius 3 is 2.22 bits per heavy atom. The predicted molar refractivity (Wildman–Crippen MR) is 71.3 cm³/mol. The summed E-state index contributed by atoms with van der Waals surface area (Å²) in [5, 5.41) is 0. The van der Waals surface area contributed by atoms with Crippen molar-refractivity contribution in [3.05, 3.63) is 23.8 Å². The first-order valence-corrected chi connectivity index (χ1v) is 7.30. The topological polar surface area (TPSA) is 52.6 Å². The molecule has 5 heteroatoms. The molecular weight excluding hydrogens is 251 g/mol. The largest absolute Gasteiger partial charge is 0.496 e. The van der Waals surface area contributed by atoms with Gasteiger partial charge in [-0.1, -0.05) is 24.0 Å². The molecule has 0 aliphatic rings. The van der Waals surface area contributed by atoms with Gasteiger partial charge in [-0.3, -0.25) is 0 Å². The average Bonchev–Trinajstić information content (AvgIpc) is 2.42. The van der Waals surface area contributed by atoms with Crippen LogP contribution in [0.4, 0.5) is 0 Å². The molecule has 1 rings (SSSR count). The summed E-state index contributed by atoms with van der Waals surface area (Å²) in [7, 11) is 1.04. The molecule has 0 aliphatic heterocycles. The van der Waals surface area contributed by atoms with Crippen LogP contribution in [-0.4, -0.2) is 25.9 Å². The Hall–Kier alpha value is -1.41. The second-order valence-corrected chi connectivity index (χ2v) is 5.41. The van der Waals surface area contributed by atoms with Crippen molar-refractivity contribution < 1.29 is 18.8 Å². The highest BCUT2D eigenvalue weighted by Gasteiger charge is 2.34. The molecule has 0 saturated heterocycles. The monoisotopic (exact) mass is 269 g/mol. The fourth-order valence-electron chi connectivity index (χ4n) is 1.59. The highest BCUT2D eigenvalue weighted by atomic mass is 31.1. The zero-order chi connectivity index (χ0) is 13.5. The summed E-state index contributed by atoms with van der Waals surface area (Å²) in [6, 6.07) is 5.06. The molecule has 0 bridgehead atoms. The smallest absolute Gasteiger partial charge is 0.420 e. The molecule has 0 heterocycles. The molecular formula is C13H18O4P+. The first kappa shape index (κ1) is 14.7. The van der Waals surface area contributed by atoms with E-state index in [9.17, 15) is 9.36 Å². The van der Waals surface area contributed by atoms with E-state index < -0.39 is 13.3 Å². The summed E-state index contributed by atoms with van der Waals surface area (Å²) >= 11 is 0. The van der Waals surface area contributed by atoms with E-state index in [0.29, 0.717) is 17.7 Å². The van der Waals surface area contributed by atoms with Crippen LogP contribution in [0.15, 0.2) is 18.2 Å². The number of hydrogen-bond donors (Lipinski definition) is 0. The van der Waals surface area contributed by atoms with Gasteiger partial charge in [0.2, 0.25) is 0 Å². The van der Waals surface area contributed by atoms with Gasteiger partial charge in [-0.25, -0.2) is 4.79 Å². The van der Waals surface area contributed by atoms with E-state index in [1.165, 1.54) is 14.2 Å². The molecule has 0 aromatic heterocycles. The zero-order valence-corrected chi connectivity index (χ0v) is 11.8. The molecule has 0 spiro atoms. The Balaban J connectivity index is 3.06. The van der Waals surface area contributed by atoms with Crippen LogP contribution < -0.4 is 9.47 Å². The lowest BCUT2D eigenvalue weighted by atomic mass is 10.2. The van der Waals surface area contributed by atoms with Crippen molar-refractivity contribution in [3.8, 4) is 11.5 Å². The van der Waals surface area contributed by atoms with Crippen LogP contribution in [0.3, 0.4) is 0 Å². The third-order valence-electron chi connectivity index (χ3n) is 2.58. The molecule has 1 aromatic rings. The van der Waals surface area contributed by atoms with Gasteiger partial charge in [0.05, 0.1) is 14.2 Å². The van der Waals surface area contributed by atoms with E-state index in [0.717, 1.165) is 12.8 Å². The summed E-state index contributed by atoms with van der Waals surface area (Å²) < 4.78 is 22.2. The molecule has 1 atom stereocenters. The van der Waals surface area contributed by atoms with E-state index >= 15 is 0 Å². The van der Waals surface area contributed by atoms with E-state index in [2.05, 4.69) is 0 Å². The summed E-state index contributed by atoms with van der Waals surface area (Å²) in [5.74, 6) is 0.804. The van der Waals surface area contributed by atoms with Crippen LogP contribution in [-0.2, 0) is 4.57 Å². The molecule has 1 unspecified atom stereocenters. The number of ether oxygens (including phenoxy) is 2. The van der Waals surface area contributed by atoms with Crippen molar-refractivity contribution in [1.29, 1.82) is 0 Å². The zero-order valence-electron chi connectivity index (χ0n) is 10.9. The maximum atomic E-state index is 12.2. The van der Waals surface area contributed by atoms with Gasteiger partial charge < -0.3 is 9.47 Å². The lowest BCUT2D eigenvalue weighted by Crippen LogP contribution is -2.02. The molecule has 0 fully saturated rings. The van der Waals surface area contributed by atoms with Crippen LogP contribution >= 0.6 is 7.80 Å². The van der Waals surface area contributed by atoms with E-state index in [4.69, 9.17) is 9.47 Å². The molecule has 0 aliphatic carbocycles. The number of unbranched alkanes of at least 4 members (excludes halogenated alkanes) is 1. The van der Waals surface area contributed by atoms with Gasteiger partial charge in [-0.05, 0) is 18.6 Å². The predicted octanol–water partition coefficient (Wildman–Crippen LogP) is 3.47. The van der Waals surface area contributed by atoms with Crippen molar-refractivity contribution in [1.82, 2.24) is 0 Å². The second kappa shape index (κ2) is 7.12. The quantitative estimate of drug-likeness (QED) is 0.711.